The zero-order chi connectivity index (χ0) is 12.5. The predicted octanol–water partition coefficient (Wildman–Crippen LogP) is 2.57. The van der Waals surface area contributed by atoms with Crippen molar-refractivity contribution in [3.63, 3.8) is 0 Å². The van der Waals surface area contributed by atoms with Gasteiger partial charge in [-0.15, -0.1) is 12.4 Å². The second-order valence-electron chi connectivity index (χ2n) is 6.67. The molecule has 2 aliphatic carbocycles. The molecule has 0 aromatic rings. The number of amides is 1. The molecule has 0 bridgehead atoms. The van der Waals surface area contributed by atoms with Gasteiger partial charge in [-0.2, -0.15) is 0 Å². The number of rotatable bonds is 2. The average Bonchev–Trinajstić information content (AvgIpc) is 2.97. The van der Waals surface area contributed by atoms with E-state index in [0.29, 0.717) is 29.7 Å². The first-order valence-corrected chi connectivity index (χ1v) is 7.77. The highest BCUT2D eigenvalue weighted by Gasteiger charge is 2.40. The van der Waals surface area contributed by atoms with Crippen molar-refractivity contribution in [3.05, 3.63) is 0 Å². The first kappa shape index (κ1) is 15.1. The van der Waals surface area contributed by atoms with Crippen LogP contribution in [-0.4, -0.2) is 29.9 Å². The fourth-order valence-corrected chi connectivity index (χ4v) is 4.31. The highest BCUT2D eigenvalue weighted by molar-refractivity contribution is 5.85. The minimum absolute atomic E-state index is 0. The zero-order valence-corrected chi connectivity index (χ0v) is 12.5. The third-order valence-corrected chi connectivity index (χ3v) is 5.44. The molecule has 2 N–H and O–H groups in total. The molecule has 19 heavy (non-hydrogen) atoms. The maximum absolute atomic E-state index is 12.3. The van der Waals surface area contributed by atoms with Crippen molar-refractivity contribution in [1.29, 1.82) is 0 Å². The van der Waals surface area contributed by atoms with Crippen LogP contribution in [0.4, 0.5) is 0 Å². The van der Waals surface area contributed by atoms with E-state index < -0.39 is 0 Å². The summed E-state index contributed by atoms with van der Waals surface area (Å²) in [7, 11) is 0. The van der Waals surface area contributed by atoms with E-state index in [4.69, 9.17) is 5.73 Å². The van der Waals surface area contributed by atoms with Crippen molar-refractivity contribution in [3.8, 4) is 0 Å². The first-order valence-electron chi connectivity index (χ1n) is 7.77. The largest absolute Gasteiger partial charge is 0.342 e. The third kappa shape index (κ3) is 3.25. The topological polar surface area (TPSA) is 46.3 Å². The van der Waals surface area contributed by atoms with Gasteiger partial charge in [-0.1, -0.05) is 19.3 Å². The summed E-state index contributed by atoms with van der Waals surface area (Å²) >= 11 is 0. The minimum Gasteiger partial charge on any atom is -0.342 e. The Balaban J connectivity index is 0.00000133. The number of nitrogens with two attached hydrogens (primary N) is 1. The van der Waals surface area contributed by atoms with E-state index in [1.165, 1.54) is 38.5 Å². The number of nitrogens with zero attached hydrogens (tertiary/aromatic N) is 1. The van der Waals surface area contributed by atoms with E-state index >= 15 is 0 Å². The second kappa shape index (κ2) is 6.45. The van der Waals surface area contributed by atoms with Gasteiger partial charge in [0.05, 0.1) is 0 Å². The summed E-state index contributed by atoms with van der Waals surface area (Å²) in [6, 6.07) is 0.341. The number of hydrogen-bond donors (Lipinski definition) is 1. The number of halogens is 1. The summed E-state index contributed by atoms with van der Waals surface area (Å²) in [5, 5.41) is 0. The van der Waals surface area contributed by atoms with Crippen molar-refractivity contribution in [2.24, 2.45) is 23.5 Å². The summed E-state index contributed by atoms with van der Waals surface area (Å²) < 4.78 is 0. The smallest absolute Gasteiger partial charge is 0.222 e. The van der Waals surface area contributed by atoms with E-state index in [1.807, 2.05) is 0 Å². The molecule has 3 rings (SSSR count). The molecule has 1 heterocycles. The molecule has 0 spiro atoms. The lowest BCUT2D eigenvalue weighted by atomic mass is 9.78. The van der Waals surface area contributed by atoms with Crippen LogP contribution in [0.3, 0.4) is 0 Å². The molecule has 3 atom stereocenters. The molecule has 4 heteroatoms. The quantitative estimate of drug-likeness (QED) is 0.848. The Labute approximate surface area is 122 Å². The van der Waals surface area contributed by atoms with E-state index in [-0.39, 0.29) is 12.4 Å². The third-order valence-electron chi connectivity index (χ3n) is 5.44. The van der Waals surface area contributed by atoms with E-state index in [0.717, 1.165) is 25.9 Å². The van der Waals surface area contributed by atoms with Gasteiger partial charge < -0.3 is 10.6 Å². The summed E-state index contributed by atoms with van der Waals surface area (Å²) in [4.78, 5) is 14.5. The number of likely N-dealkylation sites (tertiary alicyclic amines) is 1. The van der Waals surface area contributed by atoms with Gasteiger partial charge in [0.1, 0.15) is 0 Å². The number of carbonyl (C=O) groups excluding carboxylic acids is 1. The van der Waals surface area contributed by atoms with E-state index in [1.54, 1.807) is 0 Å². The predicted molar refractivity (Wildman–Crippen MR) is 79.2 cm³/mol. The molecule has 0 aromatic carbocycles. The van der Waals surface area contributed by atoms with Crippen LogP contribution in [0.15, 0.2) is 0 Å². The Kier molecular flexibility index (Phi) is 5.13. The molecule has 3 aliphatic rings. The van der Waals surface area contributed by atoms with Crippen LogP contribution in [0.1, 0.15) is 51.4 Å². The number of hydrogen-bond acceptors (Lipinski definition) is 2. The summed E-state index contributed by atoms with van der Waals surface area (Å²) in [5.41, 5.74) is 6.21. The van der Waals surface area contributed by atoms with Gasteiger partial charge >= 0.3 is 0 Å². The SMILES string of the molecule is Cl.NC1CCCC2CN(C(=O)CC3CCCC3)CC12. The number of carbonyl (C=O) groups is 1. The lowest BCUT2D eigenvalue weighted by Gasteiger charge is -2.29. The van der Waals surface area contributed by atoms with Crippen molar-refractivity contribution in [1.82, 2.24) is 4.90 Å². The van der Waals surface area contributed by atoms with Crippen molar-refractivity contribution in [2.75, 3.05) is 13.1 Å². The van der Waals surface area contributed by atoms with Gasteiger partial charge in [-0.25, -0.2) is 0 Å². The molecule has 1 amide bonds. The molecule has 0 aromatic heterocycles. The summed E-state index contributed by atoms with van der Waals surface area (Å²) in [6.45, 7) is 1.93. The fraction of sp³-hybridized carbons (Fsp3) is 0.933. The van der Waals surface area contributed by atoms with Gasteiger partial charge in [-0.05, 0) is 43.4 Å². The Morgan fingerprint density at radius 2 is 1.79 bits per heavy atom. The maximum atomic E-state index is 12.3. The van der Waals surface area contributed by atoms with Crippen molar-refractivity contribution < 1.29 is 4.79 Å². The highest BCUT2D eigenvalue weighted by atomic mass is 35.5. The Morgan fingerprint density at radius 1 is 1.05 bits per heavy atom. The van der Waals surface area contributed by atoms with E-state index in [2.05, 4.69) is 4.90 Å². The Hall–Kier alpha value is -0.280. The standard InChI is InChI=1S/C15H26N2O.ClH/c16-14-7-3-6-12-9-17(10-13(12)14)15(18)8-11-4-1-2-5-11;/h11-14H,1-10,16H2;1H. The van der Waals surface area contributed by atoms with Crippen LogP contribution in [0.5, 0.6) is 0 Å². The van der Waals surface area contributed by atoms with Crippen LogP contribution in [0.25, 0.3) is 0 Å². The lowest BCUT2D eigenvalue weighted by molar-refractivity contribution is -0.131. The maximum Gasteiger partial charge on any atom is 0.222 e. The number of fused-ring (bicyclic) bond motifs is 1. The van der Waals surface area contributed by atoms with Crippen LogP contribution >= 0.6 is 12.4 Å². The Morgan fingerprint density at radius 3 is 2.47 bits per heavy atom. The molecule has 110 valence electrons. The molecule has 3 fully saturated rings. The first-order chi connectivity index (χ1) is 8.74. The van der Waals surface area contributed by atoms with Crippen LogP contribution < -0.4 is 5.73 Å². The highest BCUT2D eigenvalue weighted by Crippen LogP contribution is 2.36. The lowest BCUT2D eigenvalue weighted by Crippen LogP contribution is -2.38. The summed E-state index contributed by atoms with van der Waals surface area (Å²) in [6.07, 6.45) is 9.69. The molecule has 3 unspecified atom stereocenters. The normalized spacial score (nSPS) is 35.0. The van der Waals surface area contributed by atoms with Gasteiger partial charge in [0.25, 0.3) is 0 Å². The van der Waals surface area contributed by atoms with Gasteiger partial charge in [0, 0.05) is 25.6 Å². The molecular weight excluding hydrogens is 260 g/mol. The molecule has 3 nitrogen and oxygen atoms in total. The van der Waals surface area contributed by atoms with Crippen LogP contribution in [-0.2, 0) is 4.79 Å². The summed E-state index contributed by atoms with van der Waals surface area (Å²) in [5.74, 6) is 2.37. The second-order valence-corrected chi connectivity index (χ2v) is 6.67. The molecule has 0 radical (unpaired) electrons. The van der Waals surface area contributed by atoms with Gasteiger partial charge in [0.2, 0.25) is 5.91 Å². The van der Waals surface area contributed by atoms with Gasteiger partial charge in [0.15, 0.2) is 0 Å². The van der Waals surface area contributed by atoms with E-state index in [9.17, 15) is 4.79 Å². The van der Waals surface area contributed by atoms with Crippen LogP contribution in [0.2, 0.25) is 0 Å². The molecule has 1 saturated heterocycles. The fourth-order valence-electron chi connectivity index (χ4n) is 4.31. The van der Waals surface area contributed by atoms with Crippen molar-refractivity contribution in [2.45, 2.75) is 57.4 Å². The molecule has 1 aliphatic heterocycles. The van der Waals surface area contributed by atoms with Crippen molar-refractivity contribution >= 4 is 18.3 Å². The Bertz CT molecular complexity index is 317. The van der Waals surface area contributed by atoms with Gasteiger partial charge in [-0.3, -0.25) is 4.79 Å². The average molecular weight is 287 g/mol. The minimum atomic E-state index is 0. The molecule has 2 saturated carbocycles. The zero-order valence-electron chi connectivity index (χ0n) is 11.7. The molecular formula is C15H27ClN2O. The van der Waals surface area contributed by atoms with Crippen LogP contribution in [0, 0.1) is 17.8 Å². The monoisotopic (exact) mass is 286 g/mol.